The molecule has 0 unspecified atom stereocenters. The molecule has 0 aromatic heterocycles. The number of carbonyl (C=O) groups is 2. The minimum atomic E-state index is -0.847. The van der Waals surface area contributed by atoms with E-state index in [0.29, 0.717) is 12.3 Å². The number of ether oxygens (including phenoxy) is 3. The normalized spacial score (nSPS) is 47.1. The third kappa shape index (κ3) is 3.20. The van der Waals surface area contributed by atoms with Crippen molar-refractivity contribution in [1.29, 1.82) is 0 Å². The molecule has 7 nitrogen and oxygen atoms in total. The summed E-state index contributed by atoms with van der Waals surface area (Å²) in [4.78, 5) is 35.6. The maximum absolute atomic E-state index is 12.3. The Balaban J connectivity index is 1.54. The summed E-state index contributed by atoms with van der Waals surface area (Å²) in [5.41, 5.74) is -0.659. The number of rotatable bonds is 5. The lowest BCUT2D eigenvalue weighted by molar-refractivity contribution is -0.576. The SMILES string of the molecule is CCC(=O)CCC(=O)O[C@@H]1O[C@@H]2O[C@@]3(C)CC[C@H]4[C@H](C)CC[C@@H]([C@H]1C)[C@@]24OO3. The monoisotopic (exact) mass is 396 g/mol. The minimum absolute atomic E-state index is 0.0493. The molecule has 4 aliphatic heterocycles. The fourth-order valence-corrected chi connectivity index (χ4v) is 5.61. The number of esters is 1. The molecule has 0 aromatic rings. The highest BCUT2D eigenvalue weighted by molar-refractivity contribution is 5.82. The first-order chi connectivity index (χ1) is 13.3. The van der Waals surface area contributed by atoms with Crippen LogP contribution in [0.5, 0.6) is 0 Å². The zero-order valence-electron chi connectivity index (χ0n) is 17.3. The molecular formula is C21H32O7. The first kappa shape index (κ1) is 20.3. The van der Waals surface area contributed by atoms with Crippen LogP contribution >= 0.6 is 0 Å². The molecule has 1 saturated carbocycles. The summed E-state index contributed by atoms with van der Waals surface area (Å²) in [6, 6.07) is 0. The summed E-state index contributed by atoms with van der Waals surface area (Å²) in [6.45, 7) is 7.97. The minimum Gasteiger partial charge on any atom is -0.435 e. The summed E-state index contributed by atoms with van der Waals surface area (Å²) in [5.74, 6) is -0.363. The number of hydrogen-bond donors (Lipinski definition) is 0. The zero-order valence-corrected chi connectivity index (χ0v) is 17.3. The van der Waals surface area contributed by atoms with Crippen LogP contribution in [0, 0.1) is 23.7 Å². The Labute approximate surface area is 166 Å². The molecule has 158 valence electrons. The van der Waals surface area contributed by atoms with Gasteiger partial charge in [0.2, 0.25) is 12.1 Å². The number of ketones is 1. The van der Waals surface area contributed by atoms with E-state index in [1.54, 1.807) is 6.92 Å². The molecule has 0 radical (unpaired) electrons. The molecule has 0 amide bonds. The largest absolute Gasteiger partial charge is 0.435 e. The van der Waals surface area contributed by atoms with Crippen molar-refractivity contribution in [3.63, 3.8) is 0 Å². The fourth-order valence-electron chi connectivity index (χ4n) is 5.61. The topological polar surface area (TPSA) is 80.3 Å². The van der Waals surface area contributed by atoms with Crippen LogP contribution in [0.15, 0.2) is 0 Å². The maximum atomic E-state index is 12.3. The highest BCUT2D eigenvalue weighted by atomic mass is 17.3. The highest BCUT2D eigenvalue weighted by Crippen LogP contribution is 2.60. The summed E-state index contributed by atoms with van der Waals surface area (Å²) >= 11 is 0. The molecular weight excluding hydrogens is 364 g/mol. The van der Waals surface area contributed by atoms with Crippen molar-refractivity contribution in [1.82, 2.24) is 0 Å². The second-order valence-corrected chi connectivity index (χ2v) is 9.16. The fraction of sp³-hybridized carbons (Fsp3) is 0.905. The van der Waals surface area contributed by atoms with Crippen LogP contribution in [-0.2, 0) is 33.6 Å². The van der Waals surface area contributed by atoms with Gasteiger partial charge in [0.05, 0.1) is 6.42 Å². The van der Waals surface area contributed by atoms with E-state index in [-0.39, 0.29) is 36.4 Å². The van der Waals surface area contributed by atoms with Gasteiger partial charge in [0, 0.05) is 31.1 Å². The summed E-state index contributed by atoms with van der Waals surface area (Å²) in [5, 5.41) is 0. The van der Waals surface area contributed by atoms with Crippen LogP contribution in [0.25, 0.3) is 0 Å². The molecule has 8 atom stereocenters. The van der Waals surface area contributed by atoms with Crippen LogP contribution < -0.4 is 0 Å². The Bertz CT molecular complexity index is 636. The zero-order chi connectivity index (χ0) is 20.1. The molecule has 5 rings (SSSR count). The van der Waals surface area contributed by atoms with Gasteiger partial charge < -0.3 is 14.2 Å². The second-order valence-electron chi connectivity index (χ2n) is 9.16. The van der Waals surface area contributed by atoms with Crippen molar-refractivity contribution in [3.8, 4) is 0 Å². The maximum Gasteiger partial charge on any atom is 0.308 e. The van der Waals surface area contributed by atoms with E-state index in [4.69, 9.17) is 24.0 Å². The molecule has 4 heterocycles. The van der Waals surface area contributed by atoms with Gasteiger partial charge in [-0.15, -0.1) is 0 Å². The van der Waals surface area contributed by atoms with Crippen molar-refractivity contribution in [3.05, 3.63) is 0 Å². The van der Waals surface area contributed by atoms with Crippen molar-refractivity contribution in [2.24, 2.45) is 23.7 Å². The van der Waals surface area contributed by atoms with E-state index in [9.17, 15) is 9.59 Å². The van der Waals surface area contributed by atoms with Gasteiger partial charge in [0.1, 0.15) is 5.78 Å². The lowest BCUT2D eigenvalue weighted by atomic mass is 9.58. The number of carbonyl (C=O) groups excluding carboxylic acids is 2. The molecule has 1 spiro atoms. The van der Waals surface area contributed by atoms with Crippen LogP contribution in [0.2, 0.25) is 0 Å². The Kier molecular flexibility index (Phi) is 5.31. The van der Waals surface area contributed by atoms with Crippen LogP contribution in [0.1, 0.15) is 72.6 Å². The number of fused-ring (bicyclic) bond motifs is 2. The number of hydrogen-bond acceptors (Lipinski definition) is 7. The average Bonchev–Trinajstić information content (AvgIpc) is 2.90. The lowest BCUT2D eigenvalue weighted by Gasteiger charge is -2.59. The lowest BCUT2D eigenvalue weighted by Crippen LogP contribution is -2.70. The molecule has 4 saturated heterocycles. The summed E-state index contributed by atoms with van der Waals surface area (Å²) < 4.78 is 18.1. The van der Waals surface area contributed by atoms with Gasteiger partial charge in [-0.3, -0.25) is 9.59 Å². The van der Waals surface area contributed by atoms with Gasteiger partial charge in [-0.25, -0.2) is 9.78 Å². The predicted octanol–water partition coefficient (Wildman–Crippen LogP) is 3.50. The van der Waals surface area contributed by atoms with E-state index in [2.05, 4.69) is 6.92 Å². The Morgan fingerprint density at radius 3 is 2.61 bits per heavy atom. The average molecular weight is 396 g/mol. The quantitative estimate of drug-likeness (QED) is 0.520. The number of Topliss-reactive ketones (excluding diaryl/α,β-unsaturated/α-hetero) is 1. The van der Waals surface area contributed by atoms with Crippen molar-refractivity contribution in [2.75, 3.05) is 0 Å². The first-order valence-corrected chi connectivity index (χ1v) is 10.7. The molecule has 5 fully saturated rings. The van der Waals surface area contributed by atoms with E-state index in [1.807, 2.05) is 13.8 Å². The molecule has 5 aliphatic rings. The van der Waals surface area contributed by atoms with E-state index in [0.717, 1.165) is 25.7 Å². The third-order valence-corrected chi connectivity index (χ3v) is 7.35. The smallest absolute Gasteiger partial charge is 0.308 e. The van der Waals surface area contributed by atoms with Crippen LogP contribution in [-0.4, -0.2) is 35.7 Å². The van der Waals surface area contributed by atoms with E-state index in [1.165, 1.54) is 0 Å². The highest BCUT2D eigenvalue weighted by Gasteiger charge is 2.69. The van der Waals surface area contributed by atoms with Crippen LogP contribution in [0.3, 0.4) is 0 Å². The van der Waals surface area contributed by atoms with Gasteiger partial charge in [0.15, 0.2) is 11.9 Å². The van der Waals surface area contributed by atoms with Crippen molar-refractivity contribution < 1.29 is 33.6 Å². The first-order valence-electron chi connectivity index (χ1n) is 10.7. The Hall–Kier alpha value is -1.02. The van der Waals surface area contributed by atoms with Crippen molar-refractivity contribution in [2.45, 2.75) is 96.6 Å². The van der Waals surface area contributed by atoms with E-state index < -0.39 is 29.9 Å². The molecule has 0 N–H and O–H groups in total. The van der Waals surface area contributed by atoms with Crippen LogP contribution in [0.4, 0.5) is 0 Å². The van der Waals surface area contributed by atoms with Gasteiger partial charge >= 0.3 is 5.97 Å². The predicted molar refractivity (Wildman–Crippen MR) is 97.5 cm³/mol. The van der Waals surface area contributed by atoms with Gasteiger partial charge in [-0.05, 0) is 38.0 Å². The Morgan fingerprint density at radius 1 is 1.07 bits per heavy atom. The van der Waals surface area contributed by atoms with Gasteiger partial charge in [-0.1, -0.05) is 20.8 Å². The van der Waals surface area contributed by atoms with Gasteiger partial charge in [0.25, 0.3) is 0 Å². The Morgan fingerprint density at radius 2 is 1.86 bits per heavy atom. The van der Waals surface area contributed by atoms with E-state index >= 15 is 0 Å². The summed E-state index contributed by atoms with van der Waals surface area (Å²) in [7, 11) is 0. The van der Waals surface area contributed by atoms with Gasteiger partial charge in [-0.2, -0.15) is 0 Å². The third-order valence-electron chi connectivity index (χ3n) is 7.35. The summed E-state index contributed by atoms with van der Waals surface area (Å²) in [6.07, 6.45) is 3.14. The molecule has 7 heteroatoms. The molecule has 2 bridgehead atoms. The standard InChI is InChI=1S/C21H32O7/c1-5-14(22)7-9-17(23)24-18-13(3)16-8-6-12(2)15-10-11-20(4)26-19(25-18)21(15,16)28-27-20/h12-13,15-16,18-19H,5-11H2,1-4H3/t12-,13-,15+,16+,18-,19-,20-,21-/m1/s1. The van der Waals surface area contributed by atoms with Crippen molar-refractivity contribution >= 4 is 11.8 Å². The molecule has 1 aliphatic carbocycles. The molecule has 0 aromatic carbocycles. The second kappa shape index (κ2) is 7.35. The molecule has 28 heavy (non-hydrogen) atoms.